The molecule has 0 aromatic carbocycles. The zero-order chi connectivity index (χ0) is 8.72. The highest BCUT2D eigenvalue weighted by atomic mass is 79.9. The monoisotopic (exact) mass is 225 g/mol. The predicted octanol–water partition coefficient (Wildman–Crippen LogP) is 1.92. The zero-order valence-electron chi connectivity index (χ0n) is 6.58. The van der Waals surface area contributed by atoms with Gasteiger partial charge in [0.25, 0.3) is 0 Å². The second kappa shape index (κ2) is 2.48. The highest BCUT2D eigenvalue weighted by molar-refractivity contribution is 9.10. The minimum Gasteiger partial charge on any atom is -0.397 e. The number of halogens is 1. The average Bonchev–Trinajstić information content (AvgIpc) is 2.28. The van der Waals surface area contributed by atoms with Crippen LogP contribution >= 0.6 is 15.9 Å². The van der Waals surface area contributed by atoms with E-state index in [0.717, 1.165) is 21.2 Å². The first-order chi connectivity index (χ1) is 5.68. The number of pyridine rings is 1. The fourth-order valence-corrected chi connectivity index (χ4v) is 1.60. The third kappa shape index (κ3) is 0.992. The predicted molar refractivity (Wildman–Crippen MR) is 52.8 cm³/mol. The fourth-order valence-electron chi connectivity index (χ4n) is 1.26. The number of hydrogen-bond acceptors (Lipinski definition) is 2. The van der Waals surface area contributed by atoms with Gasteiger partial charge in [0.2, 0.25) is 0 Å². The molecule has 12 heavy (non-hydrogen) atoms. The van der Waals surface area contributed by atoms with E-state index in [4.69, 9.17) is 5.73 Å². The summed E-state index contributed by atoms with van der Waals surface area (Å²) in [7, 11) is 1.93. The zero-order valence-corrected chi connectivity index (χ0v) is 8.17. The standard InChI is InChI=1S/C8H8BrN3/c1-12-4-7(10)6-2-5(9)3-11-8(6)12/h2-4H,10H2,1H3. The van der Waals surface area contributed by atoms with Crippen LogP contribution < -0.4 is 5.73 Å². The van der Waals surface area contributed by atoms with E-state index in [1.165, 1.54) is 0 Å². The Morgan fingerprint density at radius 3 is 3.08 bits per heavy atom. The van der Waals surface area contributed by atoms with E-state index in [0.29, 0.717) is 0 Å². The van der Waals surface area contributed by atoms with Crippen LogP contribution in [0.15, 0.2) is 22.9 Å². The molecular formula is C8H8BrN3. The molecule has 0 saturated heterocycles. The van der Waals surface area contributed by atoms with Gasteiger partial charge in [-0.2, -0.15) is 0 Å². The second-order valence-corrected chi connectivity index (χ2v) is 3.64. The minimum atomic E-state index is 0.765. The normalized spacial score (nSPS) is 10.8. The van der Waals surface area contributed by atoms with Gasteiger partial charge in [-0.25, -0.2) is 4.98 Å². The van der Waals surface area contributed by atoms with E-state index in [2.05, 4.69) is 20.9 Å². The molecule has 0 amide bonds. The van der Waals surface area contributed by atoms with Crippen molar-refractivity contribution in [3.05, 3.63) is 22.9 Å². The molecule has 3 nitrogen and oxygen atoms in total. The number of aromatic nitrogens is 2. The lowest BCUT2D eigenvalue weighted by molar-refractivity contribution is 0.949. The number of aryl methyl sites for hydroxylation is 1. The first kappa shape index (κ1) is 7.61. The van der Waals surface area contributed by atoms with Crippen LogP contribution in [0.3, 0.4) is 0 Å². The van der Waals surface area contributed by atoms with Crippen LogP contribution in [0.5, 0.6) is 0 Å². The Bertz CT molecular complexity index is 433. The topological polar surface area (TPSA) is 43.8 Å². The van der Waals surface area contributed by atoms with Gasteiger partial charge in [0.05, 0.1) is 5.69 Å². The number of nitrogens with two attached hydrogens (primary N) is 1. The quantitative estimate of drug-likeness (QED) is 0.745. The largest absolute Gasteiger partial charge is 0.397 e. The Morgan fingerprint density at radius 1 is 1.58 bits per heavy atom. The van der Waals surface area contributed by atoms with Gasteiger partial charge >= 0.3 is 0 Å². The van der Waals surface area contributed by atoms with Crippen molar-refractivity contribution in [1.29, 1.82) is 0 Å². The third-order valence-corrected chi connectivity index (χ3v) is 2.24. The third-order valence-electron chi connectivity index (χ3n) is 1.81. The molecule has 2 heterocycles. The van der Waals surface area contributed by atoms with E-state index in [-0.39, 0.29) is 0 Å². The van der Waals surface area contributed by atoms with Crippen LogP contribution in [0.4, 0.5) is 5.69 Å². The number of nitrogens with zero attached hydrogens (tertiary/aromatic N) is 2. The fraction of sp³-hybridized carbons (Fsp3) is 0.125. The van der Waals surface area contributed by atoms with Crippen molar-refractivity contribution in [2.75, 3.05) is 5.73 Å². The highest BCUT2D eigenvalue weighted by Gasteiger charge is 2.04. The van der Waals surface area contributed by atoms with Gasteiger partial charge in [-0.1, -0.05) is 0 Å². The van der Waals surface area contributed by atoms with Crippen molar-refractivity contribution in [2.24, 2.45) is 7.05 Å². The van der Waals surface area contributed by atoms with Gasteiger partial charge in [0.1, 0.15) is 5.65 Å². The van der Waals surface area contributed by atoms with E-state index < -0.39 is 0 Å². The molecule has 2 aromatic heterocycles. The SMILES string of the molecule is Cn1cc(N)c2cc(Br)cnc21. The first-order valence-electron chi connectivity index (χ1n) is 3.54. The van der Waals surface area contributed by atoms with Crippen LogP contribution in [-0.4, -0.2) is 9.55 Å². The van der Waals surface area contributed by atoms with Crippen LogP contribution in [0.2, 0.25) is 0 Å². The number of fused-ring (bicyclic) bond motifs is 1. The molecule has 2 rings (SSSR count). The van der Waals surface area contributed by atoms with Crippen molar-refractivity contribution in [3.63, 3.8) is 0 Å². The number of nitrogen functional groups attached to an aromatic ring is 1. The summed E-state index contributed by atoms with van der Waals surface area (Å²) in [6.45, 7) is 0. The second-order valence-electron chi connectivity index (χ2n) is 2.72. The Balaban J connectivity index is 2.90. The summed E-state index contributed by atoms with van der Waals surface area (Å²) in [5, 5.41) is 0.992. The van der Waals surface area contributed by atoms with E-state index in [1.807, 2.05) is 23.9 Å². The van der Waals surface area contributed by atoms with Crippen LogP contribution in [0.1, 0.15) is 0 Å². The van der Waals surface area contributed by atoms with Gasteiger partial charge in [-0.3, -0.25) is 0 Å². The maximum atomic E-state index is 5.76. The lowest BCUT2D eigenvalue weighted by Crippen LogP contribution is -1.86. The van der Waals surface area contributed by atoms with Gasteiger partial charge in [-0.15, -0.1) is 0 Å². The van der Waals surface area contributed by atoms with Gasteiger partial charge in [0.15, 0.2) is 0 Å². The van der Waals surface area contributed by atoms with Crippen LogP contribution in [0.25, 0.3) is 11.0 Å². The summed E-state index contributed by atoms with van der Waals surface area (Å²) in [5.74, 6) is 0. The first-order valence-corrected chi connectivity index (χ1v) is 4.34. The Morgan fingerprint density at radius 2 is 2.33 bits per heavy atom. The van der Waals surface area contributed by atoms with Gasteiger partial charge in [0, 0.05) is 29.3 Å². The van der Waals surface area contributed by atoms with Crippen LogP contribution in [-0.2, 0) is 7.05 Å². The molecule has 2 aromatic rings. The highest BCUT2D eigenvalue weighted by Crippen LogP contribution is 2.23. The molecule has 0 aliphatic heterocycles. The Kier molecular flexibility index (Phi) is 1.58. The summed E-state index contributed by atoms with van der Waals surface area (Å²) < 4.78 is 2.87. The average molecular weight is 226 g/mol. The summed E-state index contributed by atoms with van der Waals surface area (Å²) in [6.07, 6.45) is 3.63. The van der Waals surface area contributed by atoms with Crippen molar-refractivity contribution in [3.8, 4) is 0 Å². The molecule has 62 valence electrons. The molecule has 0 aliphatic carbocycles. The molecule has 0 atom stereocenters. The van der Waals surface area contributed by atoms with Crippen molar-refractivity contribution < 1.29 is 0 Å². The molecule has 0 saturated carbocycles. The smallest absolute Gasteiger partial charge is 0.141 e. The Hall–Kier alpha value is -1.03. The molecule has 0 bridgehead atoms. The van der Waals surface area contributed by atoms with Crippen molar-refractivity contribution >= 4 is 32.7 Å². The van der Waals surface area contributed by atoms with Gasteiger partial charge < -0.3 is 10.3 Å². The van der Waals surface area contributed by atoms with Crippen LogP contribution in [0, 0.1) is 0 Å². The minimum absolute atomic E-state index is 0.765. The number of hydrogen-bond donors (Lipinski definition) is 1. The van der Waals surface area contributed by atoms with E-state index in [9.17, 15) is 0 Å². The summed E-state index contributed by atoms with van der Waals surface area (Å²) in [6, 6.07) is 1.97. The van der Waals surface area contributed by atoms with Crippen molar-refractivity contribution in [2.45, 2.75) is 0 Å². The molecule has 0 spiro atoms. The maximum Gasteiger partial charge on any atom is 0.141 e. The molecular weight excluding hydrogens is 218 g/mol. The van der Waals surface area contributed by atoms with E-state index in [1.54, 1.807) is 6.20 Å². The van der Waals surface area contributed by atoms with E-state index >= 15 is 0 Å². The molecule has 0 aliphatic rings. The molecule has 4 heteroatoms. The Labute approximate surface area is 78.3 Å². The summed E-state index contributed by atoms with van der Waals surface area (Å²) >= 11 is 3.35. The van der Waals surface area contributed by atoms with Gasteiger partial charge in [-0.05, 0) is 22.0 Å². The molecule has 0 fully saturated rings. The maximum absolute atomic E-state index is 5.76. The lowest BCUT2D eigenvalue weighted by atomic mass is 10.3. The lowest BCUT2D eigenvalue weighted by Gasteiger charge is -1.94. The van der Waals surface area contributed by atoms with Crippen molar-refractivity contribution in [1.82, 2.24) is 9.55 Å². The molecule has 0 unspecified atom stereocenters. The summed E-state index contributed by atoms with van der Waals surface area (Å²) in [4.78, 5) is 4.24. The number of rotatable bonds is 0. The summed E-state index contributed by atoms with van der Waals surface area (Å²) in [5.41, 5.74) is 7.44. The molecule has 2 N–H and O–H groups in total. The number of anilines is 1. The molecule has 0 radical (unpaired) electrons.